The van der Waals surface area contributed by atoms with Gasteiger partial charge in [-0.1, -0.05) is 42.5 Å². The number of halogens is 3. The van der Waals surface area contributed by atoms with Crippen molar-refractivity contribution in [1.29, 1.82) is 0 Å². The van der Waals surface area contributed by atoms with Gasteiger partial charge in [-0.25, -0.2) is 23.3 Å². The van der Waals surface area contributed by atoms with Crippen molar-refractivity contribution in [2.75, 3.05) is 16.8 Å². The molecule has 0 bridgehead atoms. The summed E-state index contributed by atoms with van der Waals surface area (Å²) in [7, 11) is -4.60. The van der Waals surface area contributed by atoms with Gasteiger partial charge in [0.15, 0.2) is 0 Å². The first-order chi connectivity index (χ1) is 19.6. The Hall–Kier alpha value is -3.64. The fourth-order valence-corrected chi connectivity index (χ4v) is 5.86. The van der Waals surface area contributed by atoms with Crippen LogP contribution in [0.25, 0.3) is 0 Å². The van der Waals surface area contributed by atoms with Gasteiger partial charge in [-0.05, 0) is 69.2 Å². The number of ether oxygens (including phenoxy) is 1. The first-order valence-corrected chi connectivity index (χ1v) is 15.2. The van der Waals surface area contributed by atoms with Gasteiger partial charge < -0.3 is 9.64 Å². The average Bonchev–Trinajstić information content (AvgIpc) is 3.05. The van der Waals surface area contributed by atoms with E-state index in [1.165, 1.54) is 12.4 Å². The number of fused-ring (bicyclic) bond motifs is 1. The molecular weight excluding hydrogens is 567 g/mol. The molecule has 12 heteroatoms. The lowest BCUT2D eigenvalue weighted by Gasteiger charge is -2.35. The summed E-state index contributed by atoms with van der Waals surface area (Å²) in [6.07, 6.45) is 3.36. The van der Waals surface area contributed by atoms with Gasteiger partial charge in [-0.2, -0.15) is 13.2 Å². The van der Waals surface area contributed by atoms with Crippen molar-refractivity contribution in [3.63, 3.8) is 0 Å². The Morgan fingerprint density at radius 2 is 1.76 bits per heavy atom. The van der Waals surface area contributed by atoms with E-state index in [2.05, 4.69) is 21.2 Å². The largest absolute Gasteiger partial charge is 0.476 e. The third-order valence-corrected chi connectivity index (χ3v) is 8.77. The number of aryl methyl sites for hydroxylation is 2. The van der Waals surface area contributed by atoms with E-state index in [4.69, 9.17) is 4.74 Å². The summed E-state index contributed by atoms with van der Waals surface area (Å²) in [5, 5.41) is 2.59. The number of hydrogen-bond acceptors (Lipinski definition) is 6. The fourth-order valence-electron chi connectivity index (χ4n) is 4.82. The number of anilines is 2. The number of nitrogens with zero attached hydrogens (tertiary/aromatic N) is 4. The number of carbonyl (C=O) groups excluding carboxylic acids is 1. The van der Waals surface area contributed by atoms with Gasteiger partial charge in [-0.15, -0.1) is 0 Å². The lowest BCUT2D eigenvalue weighted by atomic mass is 10.0. The normalized spacial score (nSPS) is 17.6. The molecule has 2 heterocycles. The van der Waals surface area contributed by atoms with Crippen LogP contribution in [0.2, 0.25) is 0 Å². The molecule has 3 aromatic rings. The van der Waals surface area contributed by atoms with Gasteiger partial charge in [0, 0.05) is 24.8 Å². The molecule has 0 radical (unpaired) electrons. The number of rotatable bonds is 7. The van der Waals surface area contributed by atoms with Crippen molar-refractivity contribution in [2.45, 2.75) is 70.8 Å². The lowest BCUT2D eigenvalue weighted by molar-refractivity contribution is -0.0440. The number of nitrogens with one attached hydrogen (secondary N) is 1. The molecule has 0 spiro atoms. The highest BCUT2D eigenvalue weighted by atomic mass is 32.2. The van der Waals surface area contributed by atoms with E-state index in [-0.39, 0.29) is 19.6 Å². The van der Waals surface area contributed by atoms with Crippen LogP contribution < -0.4 is 10.2 Å². The van der Waals surface area contributed by atoms with E-state index < -0.39 is 33.0 Å². The Labute approximate surface area is 245 Å². The summed E-state index contributed by atoms with van der Waals surface area (Å²) in [5.41, 5.74) is -2.13. The van der Waals surface area contributed by atoms with Crippen molar-refractivity contribution >= 4 is 33.0 Å². The van der Waals surface area contributed by atoms with Crippen LogP contribution in [-0.4, -0.2) is 54.1 Å². The van der Waals surface area contributed by atoms with Crippen LogP contribution in [-0.2, 0) is 34.0 Å². The highest BCUT2D eigenvalue weighted by Crippen LogP contribution is 2.37. The minimum absolute atomic E-state index is 0.124. The predicted octanol–water partition coefficient (Wildman–Crippen LogP) is 6.11. The van der Waals surface area contributed by atoms with E-state index in [1.807, 2.05) is 60.4 Å². The molecule has 226 valence electrons. The molecule has 2 unspecified atom stereocenters. The molecule has 1 N–H and O–H groups in total. The zero-order valence-corrected chi connectivity index (χ0v) is 25.0. The van der Waals surface area contributed by atoms with Gasteiger partial charge in [0.25, 0.3) is 0 Å². The number of amides is 1. The minimum atomic E-state index is -4.99. The van der Waals surface area contributed by atoms with Gasteiger partial charge in [0.05, 0.1) is 24.6 Å². The monoisotopic (exact) mass is 603 g/mol. The van der Waals surface area contributed by atoms with E-state index in [1.54, 1.807) is 20.8 Å². The molecule has 42 heavy (non-hydrogen) atoms. The van der Waals surface area contributed by atoms with E-state index in [0.29, 0.717) is 29.9 Å². The van der Waals surface area contributed by atoms with Gasteiger partial charge in [-0.3, -0.25) is 5.32 Å². The molecule has 2 atom stereocenters. The zero-order valence-electron chi connectivity index (χ0n) is 24.1. The van der Waals surface area contributed by atoms with Gasteiger partial charge >= 0.3 is 11.6 Å². The summed E-state index contributed by atoms with van der Waals surface area (Å²) in [6.45, 7) is 6.98. The van der Waals surface area contributed by atoms with Gasteiger partial charge in [0.2, 0.25) is 0 Å². The number of benzene rings is 2. The maximum atomic E-state index is 14.0. The smallest absolute Gasteiger partial charge is 0.444 e. The van der Waals surface area contributed by atoms with Crippen molar-refractivity contribution < 1.29 is 26.9 Å². The second-order valence-corrected chi connectivity index (χ2v) is 13.6. The molecule has 1 aliphatic heterocycles. The zero-order chi connectivity index (χ0) is 30.7. The number of aromatic nitrogens is 2. The molecule has 0 saturated carbocycles. The summed E-state index contributed by atoms with van der Waals surface area (Å²) >= 11 is 0. The van der Waals surface area contributed by atoms with Crippen LogP contribution in [0.4, 0.5) is 29.3 Å². The summed E-state index contributed by atoms with van der Waals surface area (Å²) in [4.78, 5) is 23.0. The topological polar surface area (TPSA) is 87.7 Å². The molecule has 2 aromatic carbocycles. The summed E-state index contributed by atoms with van der Waals surface area (Å²) in [5.74, 6) is 3.57. The second kappa shape index (κ2) is 12.3. The number of carbonyl (C=O) groups is 1. The van der Waals surface area contributed by atoms with Crippen LogP contribution in [0.5, 0.6) is 0 Å². The third-order valence-electron chi connectivity index (χ3n) is 6.93. The van der Waals surface area contributed by atoms with E-state index in [0.717, 1.165) is 21.1 Å². The second-order valence-electron chi connectivity index (χ2n) is 11.3. The molecular formula is C30H36F3N5O3S. The van der Waals surface area contributed by atoms with Gasteiger partial charge in [0.1, 0.15) is 21.1 Å². The van der Waals surface area contributed by atoms with Crippen LogP contribution in [0.3, 0.4) is 0 Å². The Bertz CT molecular complexity index is 1490. The van der Waals surface area contributed by atoms with Crippen LogP contribution in [0, 0.1) is 6.92 Å². The number of hydrogen-bond donors (Lipinski definition) is 1. The molecule has 0 fully saturated rings. The highest BCUT2D eigenvalue weighted by Gasteiger charge is 2.46. The van der Waals surface area contributed by atoms with Crippen LogP contribution in [0.15, 0.2) is 60.9 Å². The lowest BCUT2D eigenvalue weighted by Crippen LogP contribution is -2.47. The van der Waals surface area contributed by atoms with Crippen molar-refractivity contribution in [3.05, 3.63) is 83.4 Å². The van der Waals surface area contributed by atoms with Crippen LogP contribution >= 0.6 is 0 Å². The Balaban J connectivity index is 1.68. The Morgan fingerprint density at radius 3 is 2.38 bits per heavy atom. The fraction of sp³-hybridized carbons (Fsp3) is 0.400. The third kappa shape index (κ3) is 7.60. The minimum Gasteiger partial charge on any atom is -0.444 e. The Kier molecular flexibility index (Phi) is 9.17. The summed E-state index contributed by atoms with van der Waals surface area (Å²) < 4.78 is 61.4. The molecule has 0 saturated heterocycles. The molecule has 4 rings (SSSR count). The standard InChI is InChI=1S/C30H36F3N5O3S/c1-21-10-9-13-26-25(21)19-37(42(5,40)30(31,32)33)18-24(15-14-22-11-7-6-8-12-22)38(26)20-27-34-16-23(17-35-27)36-28(39)41-29(2,3)4/h6-13,16-17,24H,5,14-15,18-20H2,1-4H3,(H,36,39). The maximum absolute atomic E-state index is 14.0. The van der Waals surface area contributed by atoms with E-state index in [9.17, 15) is 22.2 Å². The predicted molar refractivity (Wildman–Crippen MR) is 160 cm³/mol. The molecule has 1 aliphatic rings. The maximum Gasteiger partial charge on any atom is 0.476 e. The first-order valence-electron chi connectivity index (χ1n) is 13.5. The van der Waals surface area contributed by atoms with Crippen molar-refractivity contribution in [3.8, 4) is 0 Å². The average molecular weight is 604 g/mol. The van der Waals surface area contributed by atoms with Crippen molar-refractivity contribution in [2.24, 2.45) is 0 Å². The summed E-state index contributed by atoms with van der Waals surface area (Å²) in [6, 6.07) is 14.7. The molecule has 1 aromatic heterocycles. The Morgan fingerprint density at radius 1 is 1.10 bits per heavy atom. The van der Waals surface area contributed by atoms with E-state index >= 15 is 0 Å². The first kappa shape index (κ1) is 31.3. The molecule has 8 nitrogen and oxygen atoms in total. The van der Waals surface area contributed by atoms with Crippen LogP contribution in [0.1, 0.15) is 49.7 Å². The van der Waals surface area contributed by atoms with Crippen molar-refractivity contribution in [1.82, 2.24) is 14.3 Å². The SMILES string of the molecule is C=S(=O)(N1Cc2c(C)cccc2N(Cc2ncc(NC(=O)OC(C)(C)C)cn2)C(CCc2ccccc2)C1)C(F)(F)F. The molecule has 0 aliphatic carbocycles. The molecule has 1 amide bonds. The number of alkyl halides is 3. The quantitative estimate of drug-likeness (QED) is 0.328. The highest BCUT2D eigenvalue weighted by molar-refractivity contribution is 7.98.